The van der Waals surface area contributed by atoms with E-state index in [4.69, 9.17) is 5.11 Å². The lowest BCUT2D eigenvalue weighted by molar-refractivity contribution is -0.167. The van der Waals surface area contributed by atoms with E-state index < -0.39 is 17.4 Å². The maximum Gasteiger partial charge on any atom is 0.309 e. The van der Waals surface area contributed by atoms with E-state index >= 15 is 0 Å². The molecule has 0 radical (unpaired) electrons. The van der Waals surface area contributed by atoms with E-state index in [2.05, 4.69) is 34.6 Å². The maximum atomic E-state index is 12.6. The molecule has 0 heterocycles. The first kappa shape index (κ1) is 28.9. The molecule has 1 unspecified atom stereocenters. The summed E-state index contributed by atoms with van der Waals surface area (Å²) in [6.45, 7) is 13.1. The molecule has 0 rings (SSSR count). The van der Waals surface area contributed by atoms with Crippen LogP contribution in [-0.4, -0.2) is 22.2 Å². The minimum absolute atomic E-state index is 0.215. The van der Waals surface area contributed by atoms with Gasteiger partial charge in [-0.3, -0.25) is 9.59 Å². The summed E-state index contributed by atoms with van der Waals surface area (Å²) in [5, 5.41) is 19.1. The van der Waals surface area contributed by atoms with Crippen LogP contribution < -0.4 is 0 Å². The van der Waals surface area contributed by atoms with Crippen molar-refractivity contribution >= 4 is 11.9 Å². The third kappa shape index (κ3) is 8.59. The van der Waals surface area contributed by atoms with E-state index in [0.29, 0.717) is 11.8 Å². The molecule has 0 aromatic rings. The standard InChI is InChI=1S/C26H50O4/c1-7-8-9-13-16-19-25(6,24(29)30)26(21(2)3,22(4)5)20-17-14-11-10-12-15-18-23(27)28/h21-22H,7-20H2,1-6H3,(H,27,28)(H,29,30). The first-order valence-corrected chi connectivity index (χ1v) is 12.5. The molecule has 1 atom stereocenters. The van der Waals surface area contributed by atoms with Gasteiger partial charge in [-0.15, -0.1) is 0 Å². The summed E-state index contributed by atoms with van der Waals surface area (Å²) in [5.74, 6) is -0.722. The van der Waals surface area contributed by atoms with Crippen molar-refractivity contribution in [2.45, 2.75) is 131 Å². The van der Waals surface area contributed by atoms with Crippen LogP contribution in [0.15, 0.2) is 0 Å². The average molecular weight is 427 g/mol. The summed E-state index contributed by atoms with van der Waals surface area (Å²) in [7, 11) is 0. The highest BCUT2D eigenvalue weighted by molar-refractivity contribution is 5.75. The van der Waals surface area contributed by atoms with Gasteiger partial charge in [0.05, 0.1) is 5.41 Å². The number of aliphatic carboxylic acids is 2. The minimum Gasteiger partial charge on any atom is -0.481 e. The highest BCUT2D eigenvalue weighted by Gasteiger charge is 2.55. The molecule has 0 aliphatic rings. The second-order valence-corrected chi connectivity index (χ2v) is 10.2. The average Bonchev–Trinajstić information content (AvgIpc) is 2.65. The third-order valence-electron chi connectivity index (χ3n) is 7.57. The van der Waals surface area contributed by atoms with E-state index in [1.54, 1.807) is 0 Å². The van der Waals surface area contributed by atoms with Crippen LogP contribution in [0.5, 0.6) is 0 Å². The molecule has 0 saturated carbocycles. The summed E-state index contributed by atoms with van der Waals surface area (Å²) < 4.78 is 0. The quantitative estimate of drug-likeness (QED) is 0.205. The van der Waals surface area contributed by atoms with Gasteiger partial charge in [0.1, 0.15) is 0 Å². The van der Waals surface area contributed by atoms with Crippen LogP contribution in [0, 0.1) is 22.7 Å². The van der Waals surface area contributed by atoms with Crippen molar-refractivity contribution in [2.24, 2.45) is 22.7 Å². The molecule has 0 aromatic heterocycles. The van der Waals surface area contributed by atoms with Gasteiger partial charge in [-0.1, -0.05) is 98.8 Å². The summed E-state index contributed by atoms with van der Waals surface area (Å²) in [5.41, 5.74) is -0.921. The van der Waals surface area contributed by atoms with Crippen LogP contribution >= 0.6 is 0 Å². The molecular formula is C26H50O4. The number of hydrogen-bond acceptors (Lipinski definition) is 2. The highest BCUT2D eigenvalue weighted by atomic mass is 16.4. The Morgan fingerprint density at radius 3 is 1.57 bits per heavy atom. The Morgan fingerprint density at radius 2 is 1.13 bits per heavy atom. The van der Waals surface area contributed by atoms with Crippen molar-refractivity contribution in [3.8, 4) is 0 Å². The lowest BCUT2D eigenvalue weighted by Crippen LogP contribution is -2.52. The molecule has 0 aliphatic carbocycles. The summed E-state index contributed by atoms with van der Waals surface area (Å²) in [6, 6.07) is 0. The van der Waals surface area contributed by atoms with Gasteiger partial charge in [0.25, 0.3) is 0 Å². The van der Waals surface area contributed by atoms with E-state index in [-0.39, 0.29) is 11.8 Å². The second-order valence-electron chi connectivity index (χ2n) is 10.2. The van der Waals surface area contributed by atoms with Crippen LogP contribution in [0.1, 0.15) is 131 Å². The van der Waals surface area contributed by atoms with E-state index in [1.165, 1.54) is 19.3 Å². The number of carboxylic acids is 2. The molecule has 0 saturated heterocycles. The normalized spacial score (nSPS) is 14.3. The highest BCUT2D eigenvalue weighted by Crippen LogP contribution is 2.56. The Kier molecular flexibility index (Phi) is 14.3. The van der Waals surface area contributed by atoms with E-state index in [1.807, 2.05) is 6.92 Å². The first-order valence-electron chi connectivity index (χ1n) is 12.5. The van der Waals surface area contributed by atoms with Crippen LogP contribution in [0.25, 0.3) is 0 Å². The first-order chi connectivity index (χ1) is 14.1. The molecule has 0 aliphatic heterocycles. The van der Waals surface area contributed by atoms with Gasteiger partial charge >= 0.3 is 11.9 Å². The van der Waals surface area contributed by atoms with Gasteiger partial charge in [-0.25, -0.2) is 0 Å². The lowest BCUT2D eigenvalue weighted by atomic mass is 9.50. The van der Waals surface area contributed by atoms with Gasteiger partial charge in [-0.2, -0.15) is 0 Å². The molecule has 0 fully saturated rings. The fraction of sp³-hybridized carbons (Fsp3) is 0.923. The molecular weight excluding hydrogens is 376 g/mol. The monoisotopic (exact) mass is 426 g/mol. The Labute approximate surface area is 186 Å². The zero-order chi connectivity index (χ0) is 23.2. The van der Waals surface area contributed by atoms with Crippen LogP contribution in [0.3, 0.4) is 0 Å². The van der Waals surface area contributed by atoms with Crippen molar-refractivity contribution in [1.29, 1.82) is 0 Å². The third-order valence-corrected chi connectivity index (χ3v) is 7.57. The Hall–Kier alpha value is -1.06. The Morgan fingerprint density at radius 1 is 0.700 bits per heavy atom. The largest absolute Gasteiger partial charge is 0.481 e. The van der Waals surface area contributed by atoms with Crippen molar-refractivity contribution in [2.75, 3.05) is 0 Å². The van der Waals surface area contributed by atoms with Crippen molar-refractivity contribution < 1.29 is 19.8 Å². The van der Waals surface area contributed by atoms with Crippen LogP contribution in [0.4, 0.5) is 0 Å². The molecule has 0 aromatic carbocycles. The zero-order valence-corrected chi connectivity index (χ0v) is 20.8. The van der Waals surface area contributed by atoms with Gasteiger partial charge in [0.2, 0.25) is 0 Å². The molecule has 4 heteroatoms. The number of carbonyl (C=O) groups is 2. The van der Waals surface area contributed by atoms with E-state index in [0.717, 1.165) is 64.2 Å². The predicted octanol–water partition coefficient (Wildman–Crippen LogP) is 7.94. The predicted molar refractivity (Wildman–Crippen MR) is 126 cm³/mol. The molecule has 0 spiro atoms. The zero-order valence-electron chi connectivity index (χ0n) is 20.8. The van der Waals surface area contributed by atoms with Gasteiger partial charge in [-0.05, 0) is 43.4 Å². The number of hydrogen-bond donors (Lipinski definition) is 2. The van der Waals surface area contributed by atoms with Crippen molar-refractivity contribution in [3.05, 3.63) is 0 Å². The fourth-order valence-corrected chi connectivity index (χ4v) is 5.82. The molecule has 2 N–H and O–H groups in total. The summed E-state index contributed by atoms with van der Waals surface area (Å²) in [4.78, 5) is 23.2. The van der Waals surface area contributed by atoms with E-state index in [9.17, 15) is 14.7 Å². The number of unbranched alkanes of at least 4 members (excludes halogenated alkanes) is 9. The minimum atomic E-state index is -0.712. The smallest absolute Gasteiger partial charge is 0.309 e. The van der Waals surface area contributed by atoms with Crippen LogP contribution in [0.2, 0.25) is 0 Å². The SMILES string of the molecule is CCCCCCCC(C)(C(=O)O)C(CCCCCCCCC(=O)O)(C(C)C)C(C)C. The fourth-order valence-electron chi connectivity index (χ4n) is 5.82. The summed E-state index contributed by atoms with van der Waals surface area (Å²) in [6.07, 6.45) is 13.8. The lowest BCUT2D eigenvalue weighted by Gasteiger charge is -2.53. The Bertz CT molecular complexity index is 475. The topological polar surface area (TPSA) is 74.6 Å². The van der Waals surface area contributed by atoms with Gasteiger partial charge < -0.3 is 10.2 Å². The van der Waals surface area contributed by atoms with Crippen molar-refractivity contribution in [3.63, 3.8) is 0 Å². The molecule has 4 nitrogen and oxygen atoms in total. The Balaban J connectivity index is 5.05. The van der Waals surface area contributed by atoms with Gasteiger partial charge in [0.15, 0.2) is 0 Å². The second kappa shape index (κ2) is 14.9. The van der Waals surface area contributed by atoms with Gasteiger partial charge in [0, 0.05) is 6.42 Å². The summed E-state index contributed by atoms with van der Waals surface area (Å²) >= 11 is 0. The molecule has 0 amide bonds. The molecule has 30 heavy (non-hydrogen) atoms. The van der Waals surface area contributed by atoms with Crippen LogP contribution in [-0.2, 0) is 9.59 Å². The van der Waals surface area contributed by atoms with Crippen molar-refractivity contribution in [1.82, 2.24) is 0 Å². The maximum absolute atomic E-state index is 12.6. The molecule has 0 bridgehead atoms. The number of rotatable bonds is 19. The number of carboxylic acid groups (broad SMARTS) is 2. The molecule has 178 valence electrons.